The minimum Gasteiger partial charge on any atom is -0.255 e. The average molecular weight is 697 g/mol. The van der Waals surface area contributed by atoms with Crippen molar-refractivity contribution in [3.05, 3.63) is 217 Å². The Morgan fingerprint density at radius 1 is 0.327 bits per heavy atom. The Morgan fingerprint density at radius 3 is 1.55 bits per heavy atom. The van der Waals surface area contributed by atoms with Crippen molar-refractivity contribution in [3.63, 3.8) is 0 Å². The normalized spacial score (nSPS) is 13.2. The molecular formula is C53H32N2. The van der Waals surface area contributed by atoms with Crippen molar-refractivity contribution < 1.29 is 0 Å². The van der Waals surface area contributed by atoms with Gasteiger partial charge in [0, 0.05) is 11.8 Å². The Kier molecular flexibility index (Phi) is 6.29. The van der Waals surface area contributed by atoms with E-state index in [1.807, 2.05) is 30.5 Å². The van der Waals surface area contributed by atoms with Crippen molar-refractivity contribution in [2.24, 2.45) is 0 Å². The largest absolute Gasteiger partial charge is 0.255 e. The van der Waals surface area contributed by atoms with E-state index in [-0.39, 0.29) is 0 Å². The second-order valence-corrected chi connectivity index (χ2v) is 14.8. The number of hydrogen-bond acceptors (Lipinski definition) is 2. The fourth-order valence-corrected chi connectivity index (χ4v) is 9.97. The van der Waals surface area contributed by atoms with Gasteiger partial charge in [-0.2, -0.15) is 0 Å². The number of aromatic nitrogens is 2. The van der Waals surface area contributed by atoms with E-state index in [4.69, 9.17) is 4.98 Å². The lowest BCUT2D eigenvalue weighted by Crippen LogP contribution is -2.26. The van der Waals surface area contributed by atoms with Gasteiger partial charge in [0.05, 0.1) is 22.5 Å². The number of nitrogens with zero attached hydrogens (tertiary/aromatic N) is 2. The molecule has 2 heteroatoms. The van der Waals surface area contributed by atoms with Crippen molar-refractivity contribution in [3.8, 4) is 56.0 Å². The molecule has 2 aliphatic rings. The molecule has 2 heterocycles. The first-order chi connectivity index (χ1) is 27.3. The molecule has 0 saturated heterocycles. The molecule has 254 valence electrons. The molecule has 55 heavy (non-hydrogen) atoms. The second kappa shape index (κ2) is 11.4. The number of fused-ring (bicyclic) bond motifs is 17. The topological polar surface area (TPSA) is 25.8 Å². The number of pyridine rings is 2. The molecule has 10 aromatic rings. The lowest BCUT2D eigenvalue weighted by Gasteiger charge is -2.32. The van der Waals surface area contributed by atoms with E-state index >= 15 is 0 Å². The van der Waals surface area contributed by atoms with Crippen LogP contribution in [0, 0.1) is 0 Å². The minimum absolute atomic E-state index is 0.504. The van der Waals surface area contributed by atoms with Crippen LogP contribution in [0.2, 0.25) is 0 Å². The summed E-state index contributed by atoms with van der Waals surface area (Å²) >= 11 is 0. The number of hydrogen-bond donors (Lipinski definition) is 0. The lowest BCUT2D eigenvalue weighted by atomic mass is 9.68. The van der Waals surface area contributed by atoms with Crippen LogP contribution in [0.1, 0.15) is 22.3 Å². The first-order valence-corrected chi connectivity index (χ1v) is 19.0. The molecule has 0 fully saturated rings. The molecule has 2 aromatic heterocycles. The zero-order valence-corrected chi connectivity index (χ0v) is 29.9. The third kappa shape index (κ3) is 4.08. The molecule has 0 amide bonds. The van der Waals surface area contributed by atoms with Gasteiger partial charge in [-0.1, -0.05) is 158 Å². The zero-order valence-electron chi connectivity index (χ0n) is 29.9. The van der Waals surface area contributed by atoms with Crippen LogP contribution >= 0.6 is 0 Å². The van der Waals surface area contributed by atoms with E-state index in [2.05, 4.69) is 169 Å². The molecule has 8 aromatic carbocycles. The van der Waals surface area contributed by atoms with Crippen molar-refractivity contribution >= 4 is 32.3 Å². The van der Waals surface area contributed by atoms with Gasteiger partial charge in [-0.25, -0.2) is 4.98 Å². The maximum absolute atomic E-state index is 5.01. The van der Waals surface area contributed by atoms with Gasteiger partial charge in [0.15, 0.2) is 0 Å². The highest BCUT2D eigenvalue weighted by atomic mass is 14.8. The highest BCUT2D eigenvalue weighted by Gasteiger charge is 2.53. The standard InChI is InChI=1S/C53H32N2/c1-5-20-41-35(14-1)36-15-3-6-21-42(36)52-51(41)50-40-19-4-2-16-37(40)43(32-46(50)53(52)44-22-9-7-17-38(44)39-18-8-10-23-45(39)53)33-27-29-34(30-28-33)47-25-13-26-49(55-47)48-24-11-12-31-54-48/h1-32H. The van der Waals surface area contributed by atoms with Crippen LogP contribution in [-0.4, -0.2) is 9.97 Å². The van der Waals surface area contributed by atoms with E-state index in [1.54, 1.807) is 0 Å². The molecule has 0 atom stereocenters. The quantitative estimate of drug-likeness (QED) is 0.172. The molecule has 1 spiro atoms. The van der Waals surface area contributed by atoms with Gasteiger partial charge in [0.25, 0.3) is 0 Å². The maximum Gasteiger partial charge on any atom is 0.0893 e. The van der Waals surface area contributed by atoms with Crippen LogP contribution in [0.3, 0.4) is 0 Å². The van der Waals surface area contributed by atoms with E-state index in [0.29, 0.717) is 0 Å². The predicted octanol–water partition coefficient (Wildman–Crippen LogP) is 13.3. The van der Waals surface area contributed by atoms with Crippen LogP contribution in [0.5, 0.6) is 0 Å². The first-order valence-electron chi connectivity index (χ1n) is 19.0. The summed E-state index contributed by atoms with van der Waals surface area (Å²) in [4.78, 5) is 9.55. The average Bonchev–Trinajstić information content (AvgIpc) is 3.75. The molecule has 0 radical (unpaired) electrons. The molecule has 0 aliphatic heterocycles. The summed E-state index contributed by atoms with van der Waals surface area (Å²) in [6.45, 7) is 0. The third-order valence-corrected chi connectivity index (χ3v) is 12.1. The van der Waals surface area contributed by atoms with Crippen LogP contribution < -0.4 is 0 Å². The van der Waals surface area contributed by atoms with Gasteiger partial charge in [0.2, 0.25) is 0 Å². The summed E-state index contributed by atoms with van der Waals surface area (Å²) in [7, 11) is 0. The summed E-state index contributed by atoms with van der Waals surface area (Å²) in [5, 5.41) is 7.75. The van der Waals surface area contributed by atoms with Crippen LogP contribution in [-0.2, 0) is 5.41 Å². The third-order valence-electron chi connectivity index (χ3n) is 12.1. The van der Waals surface area contributed by atoms with E-state index < -0.39 is 5.41 Å². The Hall–Kier alpha value is -7.16. The number of rotatable bonds is 3. The number of benzene rings is 8. The van der Waals surface area contributed by atoms with Gasteiger partial charge < -0.3 is 0 Å². The van der Waals surface area contributed by atoms with E-state index in [9.17, 15) is 0 Å². The molecule has 0 N–H and O–H groups in total. The summed E-state index contributed by atoms with van der Waals surface area (Å²) in [6, 6.07) is 69.0. The van der Waals surface area contributed by atoms with Gasteiger partial charge >= 0.3 is 0 Å². The lowest BCUT2D eigenvalue weighted by molar-refractivity contribution is 0.803. The SMILES string of the molecule is c1ccc(-c2cccc(-c3ccc(-c4cc5c(c6ccccc46)-c4c(c6ccccc6c6ccccc46)C54c5ccccc5-c5ccccc54)cc3)n2)nc1. The second-order valence-electron chi connectivity index (χ2n) is 14.8. The molecular weight excluding hydrogens is 665 g/mol. The fourth-order valence-electron chi connectivity index (χ4n) is 9.97. The Morgan fingerprint density at radius 2 is 0.855 bits per heavy atom. The summed E-state index contributed by atoms with van der Waals surface area (Å²) in [5.41, 5.74) is 16.4. The van der Waals surface area contributed by atoms with E-state index in [0.717, 1.165) is 22.6 Å². The van der Waals surface area contributed by atoms with Gasteiger partial charge in [-0.15, -0.1) is 0 Å². The zero-order chi connectivity index (χ0) is 36.1. The smallest absolute Gasteiger partial charge is 0.0893 e. The van der Waals surface area contributed by atoms with Crippen molar-refractivity contribution in [1.82, 2.24) is 9.97 Å². The van der Waals surface area contributed by atoms with Crippen LogP contribution in [0.25, 0.3) is 88.3 Å². The Labute approximate surface area is 319 Å². The molecule has 2 aliphatic carbocycles. The van der Waals surface area contributed by atoms with Gasteiger partial charge in [-0.3, -0.25) is 4.98 Å². The highest BCUT2D eigenvalue weighted by molar-refractivity contribution is 6.24. The molecule has 0 unspecified atom stereocenters. The van der Waals surface area contributed by atoms with E-state index in [1.165, 1.54) is 88.0 Å². The van der Waals surface area contributed by atoms with Crippen molar-refractivity contribution in [1.29, 1.82) is 0 Å². The summed E-state index contributed by atoms with van der Waals surface area (Å²) in [5.74, 6) is 0. The predicted molar refractivity (Wildman–Crippen MR) is 227 cm³/mol. The molecule has 0 saturated carbocycles. The van der Waals surface area contributed by atoms with Crippen LogP contribution in [0.15, 0.2) is 194 Å². The molecule has 0 bridgehead atoms. The Bertz CT molecular complexity index is 3150. The van der Waals surface area contributed by atoms with Crippen molar-refractivity contribution in [2.45, 2.75) is 5.41 Å². The fraction of sp³-hybridized carbons (Fsp3) is 0.0189. The summed E-state index contributed by atoms with van der Waals surface area (Å²) in [6.07, 6.45) is 1.82. The highest BCUT2D eigenvalue weighted by Crippen LogP contribution is 2.66. The maximum atomic E-state index is 5.01. The van der Waals surface area contributed by atoms with Crippen LogP contribution in [0.4, 0.5) is 0 Å². The monoisotopic (exact) mass is 696 g/mol. The minimum atomic E-state index is -0.504. The van der Waals surface area contributed by atoms with Crippen molar-refractivity contribution in [2.75, 3.05) is 0 Å². The molecule has 2 nitrogen and oxygen atoms in total. The summed E-state index contributed by atoms with van der Waals surface area (Å²) < 4.78 is 0. The first kappa shape index (κ1) is 30.3. The Balaban J connectivity index is 1.17. The van der Waals surface area contributed by atoms with Gasteiger partial charge in [0.1, 0.15) is 0 Å². The molecule has 12 rings (SSSR count). The van der Waals surface area contributed by atoms with Gasteiger partial charge in [-0.05, 0) is 118 Å².